The molecule has 2 amide bonds. The molecule has 0 aliphatic carbocycles. The third kappa shape index (κ3) is 2.22. The molecule has 1 atom stereocenters. The molecule has 0 unspecified atom stereocenters. The molecule has 22 heavy (non-hydrogen) atoms. The topological polar surface area (TPSA) is 40.6 Å². The van der Waals surface area contributed by atoms with Gasteiger partial charge in [-0.15, -0.1) is 0 Å². The smallest absolute Gasteiger partial charge is 0.259 e. The number of carbonyl (C=O) groups is 2. The van der Waals surface area contributed by atoms with Crippen LogP contribution in [-0.4, -0.2) is 34.7 Å². The summed E-state index contributed by atoms with van der Waals surface area (Å²) in [4.78, 5) is 29.6. The molecule has 4 nitrogen and oxygen atoms in total. The minimum absolute atomic E-state index is 0.0683. The van der Waals surface area contributed by atoms with Gasteiger partial charge in [0.05, 0.1) is 5.69 Å². The van der Waals surface area contributed by atoms with E-state index in [-0.39, 0.29) is 11.8 Å². The Kier molecular flexibility index (Phi) is 4.17. The van der Waals surface area contributed by atoms with Crippen molar-refractivity contribution in [2.24, 2.45) is 0 Å². The second-order valence-corrected chi connectivity index (χ2v) is 7.19. The van der Waals surface area contributed by atoms with Crippen LogP contribution in [-0.2, 0) is 9.59 Å². The fraction of sp³-hybridized carbons (Fsp3) is 0.529. The van der Waals surface area contributed by atoms with Crippen molar-refractivity contribution in [2.45, 2.75) is 49.3 Å². The van der Waals surface area contributed by atoms with Gasteiger partial charge in [0.25, 0.3) is 5.91 Å². The summed E-state index contributed by atoms with van der Waals surface area (Å²) < 4.78 is 0. The highest BCUT2D eigenvalue weighted by Crippen LogP contribution is 2.56. The Hall–Kier alpha value is -1.49. The highest BCUT2D eigenvalue weighted by molar-refractivity contribution is 8.02. The van der Waals surface area contributed by atoms with Crippen LogP contribution in [0.3, 0.4) is 0 Å². The molecule has 1 saturated heterocycles. The normalized spacial score (nSPS) is 22.6. The lowest BCUT2D eigenvalue weighted by atomic mass is 10.1. The van der Waals surface area contributed by atoms with Crippen molar-refractivity contribution in [1.29, 1.82) is 0 Å². The van der Waals surface area contributed by atoms with Crippen LogP contribution in [0.25, 0.3) is 0 Å². The summed E-state index contributed by atoms with van der Waals surface area (Å²) in [5, 5.41) is 0. The summed E-state index contributed by atoms with van der Waals surface area (Å²) in [6.07, 6.45) is 2.94. The van der Waals surface area contributed by atoms with Crippen LogP contribution in [0.1, 0.15) is 39.5 Å². The van der Waals surface area contributed by atoms with Crippen LogP contribution in [0.2, 0.25) is 0 Å². The zero-order valence-electron chi connectivity index (χ0n) is 13.2. The van der Waals surface area contributed by atoms with E-state index in [0.29, 0.717) is 12.8 Å². The van der Waals surface area contributed by atoms with Crippen LogP contribution < -0.4 is 4.90 Å². The summed E-state index contributed by atoms with van der Waals surface area (Å²) in [5.74, 6) is 0.169. The van der Waals surface area contributed by atoms with Crippen LogP contribution >= 0.6 is 11.8 Å². The Balaban J connectivity index is 1.98. The molecule has 2 aliphatic rings. The molecule has 0 N–H and O–H groups in total. The first kappa shape index (κ1) is 15.4. The average Bonchev–Trinajstić information content (AvgIpc) is 3.02. The third-order valence-corrected chi connectivity index (χ3v) is 5.75. The number of rotatable bonds is 5. The van der Waals surface area contributed by atoms with Gasteiger partial charge in [0.2, 0.25) is 5.91 Å². The van der Waals surface area contributed by atoms with Gasteiger partial charge in [-0.25, -0.2) is 0 Å². The van der Waals surface area contributed by atoms with Crippen molar-refractivity contribution >= 4 is 29.3 Å². The van der Waals surface area contributed by atoms with Crippen LogP contribution in [0.5, 0.6) is 0 Å². The fourth-order valence-corrected chi connectivity index (χ4v) is 4.87. The number of fused-ring (bicyclic) bond motifs is 3. The van der Waals surface area contributed by atoms with Crippen molar-refractivity contribution in [3.8, 4) is 0 Å². The first-order valence-electron chi connectivity index (χ1n) is 8.04. The summed E-state index contributed by atoms with van der Waals surface area (Å²) in [6, 6.07) is 7.85. The largest absolute Gasteiger partial charge is 0.340 e. The van der Waals surface area contributed by atoms with Gasteiger partial charge in [-0.1, -0.05) is 37.7 Å². The Morgan fingerprint density at radius 3 is 2.64 bits per heavy atom. The predicted molar refractivity (Wildman–Crippen MR) is 88.9 cm³/mol. The van der Waals surface area contributed by atoms with Gasteiger partial charge < -0.3 is 4.90 Å². The van der Waals surface area contributed by atoms with E-state index < -0.39 is 4.87 Å². The van der Waals surface area contributed by atoms with Crippen LogP contribution in [0.15, 0.2) is 29.2 Å². The molecular formula is C17H22N2O2S. The maximum absolute atomic E-state index is 13.3. The molecule has 1 aromatic carbocycles. The number of benzene rings is 1. The minimum atomic E-state index is -0.745. The maximum Gasteiger partial charge on any atom is 0.259 e. The van der Waals surface area contributed by atoms with Crippen molar-refractivity contribution in [3.05, 3.63) is 24.3 Å². The number of para-hydroxylation sites is 1. The highest BCUT2D eigenvalue weighted by Gasteiger charge is 2.58. The molecule has 1 aromatic rings. The van der Waals surface area contributed by atoms with E-state index in [2.05, 4.69) is 13.8 Å². The average molecular weight is 318 g/mol. The molecule has 0 radical (unpaired) electrons. The summed E-state index contributed by atoms with van der Waals surface area (Å²) >= 11 is 1.56. The molecule has 0 bridgehead atoms. The zero-order chi connectivity index (χ0) is 15.7. The number of nitrogens with zero attached hydrogens (tertiary/aromatic N) is 2. The summed E-state index contributed by atoms with van der Waals surface area (Å²) in [7, 11) is 0. The summed E-state index contributed by atoms with van der Waals surface area (Å²) in [6.45, 7) is 5.68. The van der Waals surface area contributed by atoms with Crippen LogP contribution in [0.4, 0.5) is 5.69 Å². The SMILES string of the molecule is CCCN(CCC)C(=O)[C@]12CCC(=O)N1c1ccccc1S2. The van der Waals surface area contributed by atoms with Crippen molar-refractivity contribution in [3.63, 3.8) is 0 Å². The van der Waals surface area contributed by atoms with Gasteiger partial charge in [0.1, 0.15) is 0 Å². The molecule has 2 aliphatic heterocycles. The monoisotopic (exact) mass is 318 g/mol. The number of carbonyl (C=O) groups excluding carboxylic acids is 2. The zero-order valence-corrected chi connectivity index (χ0v) is 14.0. The Bertz CT molecular complexity index is 598. The fourth-order valence-electron chi connectivity index (χ4n) is 3.39. The van der Waals surface area contributed by atoms with Gasteiger partial charge in [0, 0.05) is 24.4 Å². The van der Waals surface area contributed by atoms with Crippen molar-refractivity contribution < 1.29 is 9.59 Å². The second-order valence-electron chi connectivity index (χ2n) is 5.88. The third-order valence-electron chi connectivity index (χ3n) is 4.28. The number of anilines is 1. The second kappa shape index (κ2) is 5.95. The van der Waals surface area contributed by atoms with E-state index >= 15 is 0 Å². The number of hydrogen-bond acceptors (Lipinski definition) is 3. The number of hydrogen-bond donors (Lipinski definition) is 0. The van der Waals surface area contributed by atoms with E-state index in [1.165, 1.54) is 0 Å². The van der Waals surface area contributed by atoms with Crippen molar-refractivity contribution in [1.82, 2.24) is 4.90 Å². The van der Waals surface area contributed by atoms with Crippen molar-refractivity contribution in [2.75, 3.05) is 18.0 Å². The lowest BCUT2D eigenvalue weighted by Gasteiger charge is -2.35. The van der Waals surface area contributed by atoms with E-state index in [4.69, 9.17) is 0 Å². The molecular weight excluding hydrogens is 296 g/mol. The predicted octanol–water partition coefficient (Wildman–Crippen LogP) is 3.26. The lowest BCUT2D eigenvalue weighted by Crippen LogP contribution is -2.54. The Morgan fingerprint density at radius 2 is 1.95 bits per heavy atom. The maximum atomic E-state index is 13.3. The number of thioether (sulfide) groups is 1. The first-order valence-corrected chi connectivity index (χ1v) is 8.86. The lowest BCUT2D eigenvalue weighted by molar-refractivity contribution is -0.134. The molecule has 5 heteroatoms. The highest BCUT2D eigenvalue weighted by atomic mass is 32.2. The molecule has 0 spiro atoms. The molecule has 3 rings (SSSR count). The Labute approximate surface area is 135 Å². The van der Waals surface area contributed by atoms with Gasteiger partial charge >= 0.3 is 0 Å². The standard InChI is InChI=1S/C17H22N2O2S/c1-3-11-18(12-4-2)16(21)17-10-9-15(20)19(17)13-7-5-6-8-14(13)22-17/h5-8H,3-4,9-12H2,1-2H3/t17-/m1/s1. The number of amides is 2. The van der Waals surface area contributed by atoms with Gasteiger partial charge in [-0.05, 0) is 31.4 Å². The molecule has 0 saturated carbocycles. The molecule has 118 valence electrons. The summed E-state index contributed by atoms with van der Waals surface area (Å²) in [5.41, 5.74) is 0.899. The molecule has 0 aromatic heterocycles. The van der Waals surface area contributed by atoms with Crippen LogP contribution in [0, 0.1) is 0 Å². The van der Waals surface area contributed by atoms with E-state index in [0.717, 1.165) is 36.5 Å². The van der Waals surface area contributed by atoms with E-state index in [1.807, 2.05) is 29.2 Å². The molecule has 1 fully saturated rings. The quantitative estimate of drug-likeness (QED) is 0.836. The Morgan fingerprint density at radius 1 is 1.27 bits per heavy atom. The van der Waals surface area contributed by atoms with Gasteiger partial charge in [-0.2, -0.15) is 0 Å². The van der Waals surface area contributed by atoms with Gasteiger partial charge in [0.15, 0.2) is 4.87 Å². The molecule has 2 heterocycles. The minimum Gasteiger partial charge on any atom is -0.340 e. The van der Waals surface area contributed by atoms with E-state index in [1.54, 1.807) is 16.7 Å². The van der Waals surface area contributed by atoms with E-state index in [9.17, 15) is 9.59 Å². The first-order chi connectivity index (χ1) is 10.6. The van der Waals surface area contributed by atoms with Gasteiger partial charge in [-0.3, -0.25) is 14.5 Å².